The summed E-state index contributed by atoms with van der Waals surface area (Å²) in [5.41, 5.74) is 0. The van der Waals surface area contributed by atoms with Gasteiger partial charge in [-0.2, -0.15) is 0 Å². The van der Waals surface area contributed by atoms with Crippen molar-refractivity contribution in [2.75, 3.05) is 65.9 Å². The molecule has 0 bridgehead atoms. The van der Waals surface area contributed by atoms with Crippen LogP contribution in [0.5, 0.6) is 0 Å². The average molecular weight is 1610 g/mol. The molecule has 650 valence electrons. The van der Waals surface area contributed by atoms with Gasteiger partial charge in [-0.15, -0.1) is 0 Å². The molecule has 0 aromatic heterocycles. The minimum atomic E-state index is -4.76. The van der Waals surface area contributed by atoms with Crippen LogP contribution in [0.1, 0.15) is 427 Å². The van der Waals surface area contributed by atoms with Crippen LogP contribution < -0.4 is 10.6 Å². The molecule has 4 N–H and O–H groups in total. The molecule has 0 aliphatic rings. The number of phosphoric ester groups is 2. The highest BCUT2D eigenvalue weighted by Crippen LogP contribution is 2.44. The minimum Gasteiger partial charge on any atom is -0.462 e. The molecule has 0 fully saturated rings. The van der Waals surface area contributed by atoms with Gasteiger partial charge in [0.15, 0.2) is 0 Å². The number of hydrogen-bond donors (Lipinski definition) is 4. The molecule has 6 atom stereocenters. The van der Waals surface area contributed by atoms with Gasteiger partial charge >= 0.3 is 39.5 Å². The number of ether oxygens (including phenoxy) is 6. The van der Waals surface area contributed by atoms with Gasteiger partial charge in [-0.05, 0) is 57.8 Å². The first-order valence-electron chi connectivity index (χ1n) is 45.1. The quantitative estimate of drug-likeness (QED) is 0.0145. The highest BCUT2D eigenvalue weighted by molar-refractivity contribution is 7.47. The lowest BCUT2D eigenvalue weighted by molar-refractivity contribution is -0.156. The summed E-state index contributed by atoms with van der Waals surface area (Å²) < 4.78 is 82.7. The number of hydrogen-bond acceptors (Lipinski definition) is 18. The Balaban J connectivity index is 5.46. The molecular formula is C86H166N2O20P2. The summed E-state index contributed by atoms with van der Waals surface area (Å²) in [6.07, 6.45) is 56.1. The lowest BCUT2D eigenvalue weighted by atomic mass is 10.1. The summed E-state index contributed by atoms with van der Waals surface area (Å²) in [5.74, 6) is -2.76. The Kier molecular flexibility index (Phi) is 77.6. The zero-order valence-corrected chi connectivity index (χ0v) is 72.7. The Labute approximate surface area is 670 Å². The van der Waals surface area contributed by atoms with Gasteiger partial charge in [-0.25, -0.2) is 9.13 Å². The van der Waals surface area contributed by atoms with Crippen molar-refractivity contribution in [1.29, 1.82) is 0 Å². The summed E-state index contributed by atoms with van der Waals surface area (Å²) in [5, 5.41) is 5.01. The van der Waals surface area contributed by atoms with Gasteiger partial charge < -0.3 is 48.8 Å². The van der Waals surface area contributed by atoms with Crippen molar-refractivity contribution in [2.45, 2.75) is 451 Å². The molecule has 0 spiro atoms. The maximum atomic E-state index is 13.2. The Morgan fingerprint density at radius 2 is 0.509 bits per heavy atom. The fraction of sp³-hybridized carbons (Fsp3) is 0.930. The van der Waals surface area contributed by atoms with E-state index >= 15 is 0 Å². The summed E-state index contributed by atoms with van der Waals surface area (Å²) in [6.45, 7) is 11.2. The van der Waals surface area contributed by atoms with E-state index in [2.05, 4.69) is 52.2 Å². The van der Waals surface area contributed by atoms with Gasteiger partial charge in [0, 0.05) is 51.6 Å². The predicted octanol–water partition coefficient (Wildman–Crippen LogP) is 22.7. The zero-order valence-electron chi connectivity index (χ0n) is 70.9. The highest BCUT2D eigenvalue weighted by Gasteiger charge is 2.28. The van der Waals surface area contributed by atoms with Crippen LogP contribution in [0.2, 0.25) is 0 Å². The lowest BCUT2D eigenvalue weighted by Crippen LogP contribution is -2.34. The Morgan fingerprint density at radius 3 is 0.800 bits per heavy atom. The van der Waals surface area contributed by atoms with Crippen LogP contribution in [0.3, 0.4) is 0 Å². The third-order valence-electron chi connectivity index (χ3n) is 19.9. The zero-order chi connectivity index (χ0) is 80.8. The molecule has 0 aromatic carbocycles. The van der Waals surface area contributed by atoms with Crippen LogP contribution >= 0.6 is 15.6 Å². The summed E-state index contributed by atoms with van der Waals surface area (Å²) in [7, 11) is -9.45. The third kappa shape index (κ3) is 76.3. The molecule has 0 saturated carbocycles. The second-order valence-electron chi connectivity index (χ2n) is 30.7. The molecule has 0 heterocycles. The van der Waals surface area contributed by atoms with Crippen molar-refractivity contribution in [1.82, 2.24) is 10.6 Å². The van der Waals surface area contributed by atoms with Crippen molar-refractivity contribution < 1.29 is 94.2 Å². The van der Waals surface area contributed by atoms with Crippen LogP contribution in [-0.4, -0.2) is 136 Å². The second-order valence-corrected chi connectivity index (χ2v) is 33.6. The lowest BCUT2D eigenvalue weighted by Gasteiger charge is -2.21. The molecule has 110 heavy (non-hydrogen) atoms. The fourth-order valence-corrected chi connectivity index (χ4v) is 14.6. The monoisotopic (exact) mass is 1610 g/mol. The molecule has 0 radical (unpaired) electrons. The second kappa shape index (κ2) is 79.8. The highest BCUT2D eigenvalue weighted by atomic mass is 31.2. The number of rotatable bonds is 87. The Morgan fingerprint density at radius 1 is 0.264 bits per heavy atom. The topological polar surface area (TPSA) is 293 Å². The number of amides is 2. The van der Waals surface area contributed by atoms with Crippen molar-refractivity contribution in [3.8, 4) is 0 Å². The van der Waals surface area contributed by atoms with E-state index in [1.54, 1.807) is 0 Å². The van der Waals surface area contributed by atoms with Crippen LogP contribution in [0.4, 0.5) is 0 Å². The summed E-state index contributed by atoms with van der Waals surface area (Å²) in [4.78, 5) is 99.1. The minimum absolute atomic E-state index is 0.0308. The first-order valence-corrected chi connectivity index (χ1v) is 48.1. The molecular weight excluding hydrogens is 1440 g/mol. The molecule has 0 saturated heterocycles. The van der Waals surface area contributed by atoms with Crippen molar-refractivity contribution in [2.24, 2.45) is 0 Å². The number of nitrogens with one attached hydrogen (secondary N) is 2. The van der Waals surface area contributed by atoms with Crippen LogP contribution in [0, 0.1) is 0 Å². The maximum absolute atomic E-state index is 13.2. The smallest absolute Gasteiger partial charge is 0.462 e. The van der Waals surface area contributed by atoms with Crippen LogP contribution in [0.15, 0.2) is 0 Å². The number of esters is 4. The maximum Gasteiger partial charge on any atom is 0.472 e. The average Bonchev–Trinajstić information content (AvgIpc) is 0.918. The number of unbranched alkanes of at least 4 members (excludes halogenated alkanes) is 44. The Hall–Kier alpha value is -3.04. The van der Waals surface area contributed by atoms with E-state index in [1.807, 2.05) is 0 Å². The van der Waals surface area contributed by atoms with E-state index in [0.29, 0.717) is 51.4 Å². The molecule has 0 rings (SSSR count). The molecule has 0 aromatic rings. The molecule has 2 amide bonds. The van der Waals surface area contributed by atoms with E-state index in [1.165, 1.54) is 167 Å². The number of carbonyl (C=O) groups is 6. The van der Waals surface area contributed by atoms with Crippen molar-refractivity contribution in [3.63, 3.8) is 0 Å². The van der Waals surface area contributed by atoms with Gasteiger partial charge in [0.25, 0.3) is 0 Å². The first kappa shape index (κ1) is 107. The van der Waals surface area contributed by atoms with Gasteiger partial charge in [-0.1, -0.05) is 324 Å². The van der Waals surface area contributed by atoms with Crippen LogP contribution in [0.25, 0.3) is 0 Å². The molecule has 22 nitrogen and oxygen atoms in total. The van der Waals surface area contributed by atoms with Crippen molar-refractivity contribution >= 4 is 51.3 Å². The third-order valence-corrected chi connectivity index (χ3v) is 21.9. The standard InChI is InChI=1S/C86H166N2O20P2/c1-7-13-19-25-29-33-35-39-43-49-55-62-85(93)107-79(73-99-69-64-77(58-51-45-23-17-11-5)105-83(91)60-53-47-41-37-31-27-21-15-9-3)75-103-109(95,96)101-68-57-66-87-81(89)72-82(90)88-67-71-102-110(97,98)104-76-80(108-86(94)63-56-50-44-40-36-34-30-26-20-14-8-2)74-100-70-65-78(59-52-46-24-18-12-6)106-84(92)61-54-48-42-38-32-28-22-16-10-4/h77-80H,7-76H2,1-6H3,(H,87,89)(H,88,90)(H,95,96)(H,97,98)/t77-,78-,79?,80?/m1/s1. The normalized spacial score (nSPS) is 13.8. The van der Waals surface area contributed by atoms with E-state index in [9.17, 15) is 47.7 Å². The molecule has 0 aliphatic carbocycles. The molecule has 0 aliphatic heterocycles. The number of carbonyl (C=O) groups excluding carboxylic acids is 6. The van der Waals surface area contributed by atoms with Gasteiger partial charge in [0.2, 0.25) is 11.8 Å². The van der Waals surface area contributed by atoms with E-state index in [0.717, 1.165) is 141 Å². The van der Waals surface area contributed by atoms with Gasteiger partial charge in [0.1, 0.15) is 30.8 Å². The number of phosphoric acid groups is 2. The Bertz CT molecular complexity index is 2240. The fourth-order valence-electron chi connectivity index (χ4n) is 13.1. The van der Waals surface area contributed by atoms with E-state index in [-0.39, 0.29) is 89.5 Å². The van der Waals surface area contributed by atoms with Crippen LogP contribution in [-0.2, 0) is 84.4 Å². The SMILES string of the molecule is CCCCCCCCCCCCCC(=O)OC(COCC[C@@H](CCCCCCC)OC(=O)CCCCCCCCCCC)COP(=O)(O)OCCCNC(=O)CC(=O)NCCOP(=O)(O)OCC(COCC[C@@H](CCCCCCC)OC(=O)CCCCCCCCCCC)OC(=O)CCCCCCCCCCCCC. The van der Waals surface area contributed by atoms with Gasteiger partial charge in [-0.3, -0.25) is 46.9 Å². The van der Waals surface area contributed by atoms with E-state index < -0.39 is 77.8 Å². The molecule has 24 heteroatoms. The first-order chi connectivity index (χ1) is 53.4. The predicted molar refractivity (Wildman–Crippen MR) is 442 cm³/mol. The largest absolute Gasteiger partial charge is 0.472 e. The van der Waals surface area contributed by atoms with E-state index in [4.69, 9.17) is 46.5 Å². The van der Waals surface area contributed by atoms with Gasteiger partial charge in [0.05, 0.1) is 52.9 Å². The summed E-state index contributed by atoms with van der Waals surface area (Å²) in [6, 6.07) is 0. The molecule has 4 unspecified atom stereocenters. The summed E-state index contributed by atoms with van der Waals surface area (Å²) >= 11 is 0. The van der Waals surface area contributed by atoms with Crippen molar-refractivity contribution in [3.05, 3.63) is 0 Å².